The first-order valence-corrected chi connectivity index (χ1v) is 11.1. The fourth-order valence-corrected chi connectivity index (χ4v) is 3.88. The standard InChI is InChI=1S/C20H19BrF3N5O5/c1-2-14(19(30)31)29-26-18(25-28-29)16-9-17(27-34-16)33-12-5-4-11(8-12)32-15-7-10(20(22,23)24)3-6-13(15)21/h3,6-7,9,11-12,14H,2,4-5,8H2,1H3,(H,30,31)/p-1. The van der Waals surface area contributed by atoms with Crippen LogP contribution in [0.4, 0.5) is 13.2 Å². The molecule has 0 saturated heterocycles. The highest BCUT2D eigenvalue weighted by molar-refractivity contribution is 9.10. The van der Waals surface area contributed by atoms with E-state index in [2.05, 4.69) is 36.5 Å². The number of nitrogens with zero attached hydrogens (tertiary/aromatic N) is 5. The fourth-order valence-electron chi connectivity index (χ4n) is 3.54. The van der Waals surface area contributed by atoms with Gasteiger partial charge >= 0.3 is 6.18 Å². The number of aliphatic carboxylic acids is 1. The molecule has 34 heavy (non-hydrogen) atoms. The number of alkyl halides is 3. The van der Waals surface area contributed by atoms with E-state index in [4.69, 9.17) is 14.0 Å². The number of carboxylic acids is 1. The number of aromatic nitrogens is 5. The van der Waals surface area contributed by atoms with Crippen LogP contribution in [0.3, 0.4) is 0 Å². The van der Waals surface area contributed by atoms with Crippen LogP contribution >= 0.6 is 15.9 Å². The molecule has 14 heteroatoms. The molecule has 0 amide bonds. The lowest BCUT2D eigenvalue weighted by Crippen LogP contribution is -2.34. The van der Waals surface area contributed by atoms with Gasteiger partial charge in [0.15, 0.2) is 0 Å². The second-order valence-corrected chi connectivity index (χ2v) is 8.50. The summed E-state index contributed by atoms with van der Waals surface area (Å²) in [5.74, 6) is -0.898. The third-order valence-corrected chi connectivity index (χ3v) is 5.91. The number of hydrogen-bond acceptors (Lipinski definition) is 9. The lowest BCUT2D eigenvalue weighted by Gasteiger charge is -2.17. The number of tetrazole rings is 1. The monoisotopic (exact) mass is 544 g/mol. The minimum atomic E-state index is -4.47. The van der Waals surface area contributed by atoms with Gasteiger partial charge in [0.1, 0.15) is 24.0 Å². The van der Waals surface area contributed by atoms with Crippen molar-refractivity contribution < 1.29 is 37.1 Å². The van der Waals surface area contributed by atoms with E-state index in [-0.39, 0.29) is 41.8 Å². The molecular weight excluding hydrogens is 527 g/mol. The topological polar surface area (TPSA) is 128 Å². The van der Waals surface area contributed by atoms with Gasteiger partial charge in [-0.3, -0.25) is 0 Å². The maximum atomic E-state index is 13.0. The smallest absolute Gasteiger partial charge is 0.416 e. The van der Waals surface area contributed by atoms with E-state index in [1.807, 2.05) is 0 Å². The SMILES string of the molecule is CCC(C(=O)[O-])n1nnc(-c2cc(OC3CCC(Oc4cc(C(F)(F)F)ccc4Br)C3)no2)n1. The summed E-state index contributed by atoms with van der Waals surface area (Å²) in [6, 6.07) is 3.63. The third-order valence-electron chi connectivity index (χ3n) is 5.25. The summed E-state index contributed by atoms with van der Waals surface area (Å²) in [5, 5.41) is 26.4. The van der Waals surface area contributed by atoms with Crippen molar-refractivity contribution in [3.8, 4) is 23.2 Å². The van der Waals surface area contributed by atoms with Gasteiger partial charge in [0.25, 0.3) is 5.88 Å². The van der Waals surface area contributed by atoms with Crippen molar-refractivity contribution >= 4 is 21.9 Å². The van der Waals surface area contributed by atoms with E-state index in [1.165, 1.54) is 12.1 Å². The quantitative estimate of drug-likeness (QED) is 0.419. The molecule has 10 nitrogen and oxygen atoms in total. The largest absolute Gasteiger partial charge is 0.548 e. The number of benzene rings is 1. The maximum absolute atomic E-state index is 13.0. The van der Waals surface area contributed by atoms with Crippen LogP contribution in [0, 0.1) is 0 Å². The summed E-state index contributed by atoms with van der Waals surface area (Å²) in [6.07, 6.45) is -3.27. The molecule has 1 aliphatic carbocycles. The molecule has 3 unspecified atom stereocenters. The molecule has 0 aliphatic heterocycles. The van der Waals surface area contributed by atoms with Crippen molar-refractivity contribution in [2.45, 2.75) is 57.0 Å². The van der Waals surface area contributed by atoms with E-state index < -0.39 is 23.8 Å². The first-order valence-electron chi connectivity index (χ1n) is 10.3. The van der Waals surface area contributed by atoms with Gasteiger partial charge in [-0.05, 0) is 63.8 Å². The van der Waals surface area contributed by atoms with Gasteiger partial charge in [-0.15, -0.1) is 10.2 Å². The van der Waals surface area contributed by atoms with Gasteiger partial charge in [0.05, 0.1) is 22.1 Å². The Morgan fingerprint density at radius 1 is 1.29 bits per heavy atom. The lowest BCUT2D eigenvalue weighted by atomic mass is 10.2. The number of carbonyl (C=O) groups is 1. The van der Waals surface area contributed by atoms with Gasteiger partial charge in [-0.25, -0.2) is 0 Å². The summed E-state index contributed by atoms with van der Waals surface area (Å²) >= 11 is 3.22. The fraction of sp³-hybridized carbons (Fsp3) is 0.450. The Morgan fingerprint density at radius 3 is 2.71 bits per heavy atom. The average molecular weight is 545 g/mol. The van der Waals surface area contributed by atoms with Crippen LogP contribution in [0.2, 0.25) is 0 Å². The second kappa shape index (κ2) is 9.60. The van der Waals surface area contributed by atoms with Gasteiger partial charge in [-0.2, -0.15) is 18.0 Å². The zero-order valence-electron chi connectivity index (χ0n) is 17.7. The molecular formula is C20H18BrF3N5O5-. The summed E-state index contributed by atoms with van der Waals surface area (Å²) in [7, 11) is 0. The van der Waals surface area contributed by atoms with E-state index in [1.54, 1.807) is 6.92 Å². The van der Waals surface area contributed by atoms with E-state index in [9.17, 15) is 23.1 Å². The summed E-state index contributed by atoms with van der Waals surface area (Å²) in [6.45, 7) is 1.65. The van der Waals surface area contributed by atoms with Gasteiger partial charge in [0, 0.05) is 6.42 Å². The Hall–Kier alpha value is -3.16. The van der Waals surface area contributed by atoms with E-state index >= 15 is 0 Å². The summed E-state index contributed by atoms with van der Waals surface area (Å²) in [5.41, 5.74) is -0.790. The van der Waals surface area contributed by atoms with Crippen LogP contribution < -0.4 is 14.6 Å². The number of rotatable bonds is 8. The normalized spacial score (nSPS) is 19.2. The predicted molar refractivity (Wildman–Crippen MR) is 109 cm³/mol. The molecule has 1 aromatic carbocycles. The minimum absolute atomic E-state index is 0.0316. The summed E-state index contributed by atoms with van der Waals surface area (Å²) in [4.78, 5) is 12.1. The zero-order chi connectivity index (χ0) is 24.5. The van der Waals surface area contributed by atoms with Crippen LogP contribution in [-0.2, 0) is 11.0 Å². The van der Waals surface area contributed by atoms with Crippen molar-refractivity contribution in [1.29, 1.82) is 0 Å². The Kier molecular flexibility index (Phi) is 6.77. The third kappa shape index (κ3) is 5.32. The zero-order valence-corrected chi connectivity index (χ0v) is 19.2. The molecule has 2 aromatic heterocycles. The first-order chi connectivity index (χ1) is 16.1. The Balaban J connectivity index is 1.36. The minimum Gasteiger partial charge on any atom is -0.548 e. The van der Waals surface area contributed by atoms with Crippen LogP contribution in [-0.4, -0.2) is 43.5 Å². The van der Waals surface area contributed by atoms with Crippen molar-refractivity contribution in [2.24, 2.45) is 0 Å². The molecule has 0 radical (unpaired) electrons. The van der Waals surface area contributed by atoms with Gasteiger partial charge in [0.2, 0.25) is 11.6 Å². The van der Waals surface area contributed by atoms with Crippen LogP contribution in [0.15, 0.2) is 33.3 Å². The number of hydrogen-bond donors (Lipinski definition) is 0. The van der Waals surface area contributed by atoms with Crippen LogP contribution in [0.5, 0.6) is 11.6 Å². The van der Waals surface area contributed by atoms with Crippen LogP contribution in [0.1, 0.15) is 44.2 Å². The molecule has 1 aliphatic rings. The number of halogens is 4. The van der Waals surface area contributed by atoms with Crippen molar-refractivity contribution in [2.75, 3.05) is 0 Å². The van der Waals surface area contributed by atoms with Gasteiger partial charge < -0.3 is 23.9 Å². The van der Waals surface area contributed by atoms with Crippen molar-refractivity contribution in [1.82, 2.24) is 25.4 Å². The van der Waals surface area contributed by atoms with Crippen LogP contribution in [0.25, 0.3) is 11.6 Å². The molecule has 3 atom stereocenters. The number of carboxylic acid groups (broad SMARTS) is 1. The predicted octanol–water partition coefficient (Wildman–Crippen LogP) is 3.19. The molecule has 0 N–H and O–H groups in total. The van der Waals surface area contributed by atoms with Crippen molar-refractivity contribution in [3.63, 3.8) is 0 Å². The number of ether oxygens (including phenoxy) is 2. The average Bonchev–Trinajstić information content (AvgIpc) is 3.51. The Labute approximate surface area is 199 Å². The van der Waals surface area contributed by atoms with Gasteiger partial charge in [-0.1, -0.05) is 6.92 Å². The highest BCUT2D eigenvalue weighted by atomic mass is 79.9. The molecule has 0 bridgehead atoms. The first kappa shape index (κ1) is 24.0. The van der Waals surface area contributed by atoms with Crippen molar-refractivity contribution in [3.05, 3.63) is 34.3 Å². The molecule has 1 fully saturated rings. The highest BCUT2D eigenvalue weighted by Gasteiger charge is 2.33. The summed E-state index contributed by atoms with van der Waals surface area (Å²) < 4.78 is 56.1. The number of carbonyl (C=O) groups excluding carboxylic acids is 1. The maximum Gasteiger partial charge on any atom is 0.416 e. The second-order valence-electron chi connectivity index (χ2n) is 7.64. The molecule has 182 valence electrons. The Morgan fingerprint density at radius 2 is 2.03 bits per heavy atom. The van der Waals surface area contributed by atoms with E-state index in [0.717, 1.165) is 16.9 Å². The lowest BCUT2D eigenvalue weighted by molar-refractivity contribution is -0.311. The Bertz CT molecular complexity index is 1170. The molecule has 1 saturated carbocycles. The highest BCUT2D eigenvalue weighted by Crippen LogP contribution is 2.37. The molecule has 0 spiro atoms. The van der Waals surface area contributed by atoms with E-state index in [0.29, 0.717) is 23.7 Å². The molecule has 2 heterocycles. The molecule has 3 aromatic rings. The molecule has 4 rings (SSSR count).